The Bertz CT molecular complexity index is 1540. The van der Waals surface area contributed by atoms with Crippen LogP contribution in [0.1, 0.15) is 48.9 Å². The smallest absolute Gasteiger partial charge is 0.300 e. The van der Waals surface area contributed by atoms with Crippen LogP contribution in [-0.4, -0.2) is 28.4 Å². The molecule has 1 aromatic heterocycles. The molecule has 1 aliphatic heterocycles. The van der Waals surface area contributed by atoms with E-state index in [9.17, 15) is 14.7 Å². The normalized spacial score (nSPS) is 16.9. The summed E-state index contributed by atoms with van der Waals surface area (Å²) < 4.78 is 5.79. The van der Waals surface area contributed by atoms with Crippen molar-refractivity contribution in [1.29, 1.82) is 0 Å². The molecule has 38 heavy (non-hydrogen) atoms. The molecule has 4 aromatic rings. The Morgan fingerprint density at radius 3 is 2.55 bits per heavy atom. The number of nitrogens with zero attached hydrogens (tertiary/aromatic N) is 1. The molecule has 1 amide bonds. The Hall–Kier alpha value is -4.03. The fourth-order valence-corrected chi connectivity index (χ4v) is 5.03. The van der Waals surface area contributed by atoms with Crippen LogP contribution in [0.5, 0.6) is 5.75 Å². The molecule has 7 heteroatoms. The van der Waals surface area contributed by atoms with Gasteiger partial charge >= 0.3 is 0 Å². The van der Waals surface area contributed by atoms with E-state index in [1.807, 2.05) is 37.3 Å². The number of nitrogens with one attached hydrogen (secondary N) is 1. The lowest BCUT2D eigenvalue weighted by Crippen LogP contribution is -2.29. The number of carbonyl (C=O) groups is 2. The highest BCUT2D eigenvalue weighted by atomic mass is 35.5. The lowest BCUT2D eigenvalue weighted by Gasteiger charge is -2.25. The molecular weight excluding hydrogens is 500 g/mol. The molecule has 2 heterocycles. The SMILES string of the molecule is CCCCCOc1ccc(/C(O)=C2\C(=O)C(=O)N(c3ccc(C)c(Cl)c3)C2c2c[nH]c3ccccc23)cc1. The number of aliphatic hydroxyl groups is 1. The van der Waals surface area contributed by atoms with Crippen LogP contribution >= 0.6 is 11.6 Å². The first-order chi connectivity index (χ1) is 18.4. The van der Waals surface area contributed by atoms with Crippen molar-refractivity contribution in [3.05, 3.63) is 100 Å². The molecule has 0 bridgehead atoms. The van der Waals surface area contributed by atoms with Gasteiger partial charge in [-0.1, -0.05) is 55.6 Å². The lowest BCUT2D eigenvalue weighted by molar-refractivity contribution is -0.132. The highest BCUT2D eigenvalue weighted by molar-refractivity contribution is 6.52. The molecule has 1 atom stereocenters. The van der Waals surface area contributed by atoms with E-state index in [4.69, 9.17) is 16.3 Å². The molecule has 2 N–H and O–H groups in total. The summed E-state index contributed by atoms with van der Waals surface area (Å²) in [5.41, 5.74) is 3.35. The summed E-state index contributed by atoms with van der Waals surface area (Å²) in [4.78, 5) is 31.6. The molecule has 1 saturated heterocycles. The summed E-state index contributed by atoms with van der Waals surface area (Å²) in [6.45, 7) is 4.62. The molecule has 0 saturated carbocycles. The van der Waals surface area contributed by atoms with Gasteiger partial charge in [-0.3, -0.25) is 14.5 Å². The van der Waals surface area contributed by atoms with E-state index in [1.54, 1.807) is 42.6 Å². The molecule has 0 spiro atoms. The Morgan fingerprint density at radius 1 is 1.05 bits per heavy atom. The largest absolute Gasteiger partial charge is 0.507 e. The summed E-state index contributed by atoms with van der Waals surface area (Å²) >= 11 is 6.40. The Kier molecular flexibility index (Phi) is 7.25. The zero-order valence-corrected chi connectivity index (χ0v) is 22.1. The summed E-state index contributed by atoms with van der Waals surface area (Å²) in [5, 5.41) is 12.8. The zero-order chi connectivity index (χ0) is 26.8. The number of unbranched alkanes of at least 4 members (excludes halogenated alkanes) is 2. The number of benzene rings is 3. The monoisotopic (exact) mass is 528 g/mol. The number of aromatic nitrogens is 1. The van der Waals surface area contributed by atoms with E-state index in [2.05, 4.69) is 11.9 Å². The van der Waals surface area contributed by atoms with Crippen molar-refractivity contribution in [1.82, 2.24) is 4.98 Å². The molecule has 194 valence electrons. The molecule has 3 aromatic carbocycles. The minimum Gasteiger partial charge on any atom is -0.507 e. The second kappa shape index (κ2) is 10.8. The number of aryl methyl sites for hydroxylation is 1. The molecule has 0 radical (unpaired) electrons. The van der Waals surface area contributed by atoms with Crippen LogP contribution in [0.2, 0.25) is 5.02 Å². The predicted octanol–water partition coefficient (Wildman–Crippen LogP) is 7.33. The van der Waals surface area contributed by atoms with Gasteiger partial charge in [0.1, 0.15) is 11.5 Å². The van der Waals surface area contributed by atoms with Crippen LogP contribution in [-0.2, 0) is 9.59 Å². The Balaban J connectivity index is 1.61. The van der Waals surface area contributed by atoms with Crippen molar-refractivity contribution in [2.45, 2.75) is 39.2 Å². The third-order valence-corrected chi connectivity index (χ3v) is 7.35. The second-order valence-electron chi connectivity index (χ2n) is 9.47. The fourth-order valence-electron chi connectivity index (χ4n) is 4.85. The van der Waals surface area contributed by atoms with E-state index < -0.39 is 17.7 Å². The number of H-pyrrole nitrogens is 1. The van der Waals surface area contributed by atoms with Crippen molar-refractivity contribution in [3.8, 4) is 5.75 Å². The van der Waals surface area contributed by atoms with Gasteiger partial charge in [0.2, 0.25) is 0 Å². The number of aromatic amines is 1. The maximum absolute atomic E-state index is 13.5. The van der Waals surface area contributed by atoms with Crippen LogP contribution in [0.4, 0.5) is 5.69 Å². The van der Waals surface area contributed by atoms with E-state index in [0.29, 0.717) is 34.2 Å². The van der Waals surface area contributed by atoms with Gasteiger partial charge in [0.05, 0.1) is 18.2 Å². The number of aliphatic hydroxyl groups excluding tert-OH is 1. The molecule has 1 fully saturated rings. The maximum Gasteiger partial charge on any atom is 0.300 e. The van der Waals surface area contributed by atoms with Gasteiger partial charge in [0, 0.05) is 38.9 Å². The number of anilines is 1. The molecule has 6 nitrogen and oxygen atoms in total. The third kappa shape index (κ3) is 4.68. The molecular formula is C31H29ClN2O4. The molecule has 0 aliphatic carbocycles. The maximum atomic E-state index is 13.5. The van der Waals surface area contributed by atoms with Gasteiger partial charge in [-0.25, -0.2) is 0 Å². The third-order valence-electron chi connectivity index (χ3n) is 6.94. The van der Waals surface area contributed by atoms with Crippen molar-refractivity contribution in [3.63, 3.8) is 0 Å². The predicted molar refractivity (Wildman–Crippen MR) is 151 cm³/mol. The number of fused-ring (bicyclic) bond motifs is 1. The highest BCUT2D eigenvalue weighted by Gasteiger charge is 2.47. The Labute approximate surface area is 226 Å². The summed E-state index contributed by atoms with van der Waals surface area (Å²) in [5.74, 6) is -1.04. The number of halogens is 1. The number of Topliss-reactive ketones (excluding diaryl/α,β-unsaturated/α-hetero) is 1. The average molecular weight is 529 g/mol. The van der Waals surface area contributed by atoms with Gasteiger partial charge < -0.3 is 14.8 Å². The number of rotatable bonds is 8. The lowest BCUT2D eigenvalue weighted by atomic mass is 9.94. The standard InChI is InChI=1S/C31H29ClN2O4/c1-3-4-7-16-38-22-14-11-20(12-15-22)29(35)27-28(24-18-33-26-9-6-5-8-23(24)26)34(31(37)30(27)36)21-13-10-19(2)25(32)17-21/h5-6,8-15,17-18,28,33,35H,3-4,7,16H2,1-2H3/b29-27+. The van der Waals surface area contributed by atoms with Crippen LogP contribution in [0.3, 0.4) is 0 Å². The number of hydrogen-bond acceptors (Lipinski definition) is 4. The first kappa shape index (κ1) is 25.6. The van der Waals surface area contributed by atoms with Crippen LogP contribution in [0.25, 0.3) is 16.7 Å². The van der Waals surface area contributed by atoms with Crippen LogP contribution in [0, 0.1) is 6.92 Å². The summed E-state index contributed by atoms with van der Waals surface area (Å²) in [6.07, 6.45) is 4.96. The number of hydrogen-bond donors (Lipinski definition) is 2. The number of ketones is 1. The number of para-hydroxylation sites is 1. The van der Waals surface area contributed by atoms with Gasteiger partial charge in [-0.15, -0.1) is 0 Å². The molecule has 1 unspecified atom stereocenters. The highest BCUT2D eigenvalue weighted by Crippen LogP contribution is 2.44. The summed E-state index contributed by atoms with van der Waals surface area (Å²) in [7, 11) is 0. The van der Waals surface area contributed by atoms with Crippen LogP contribution < -0.4 is 9.64 Å². The van der Waals surface area contributed by atoms with Crippen molar-refractivity contribution in [2.24, 2.45) is 0 Å². The van der Waals surface area contributed by atoms with E-state index >= 15 is 0 Å². The second-order valence-corrected chi connectivity index (χ2v) is 9.88. The molecule has 1 aliphatic rings. The minimum absolute atomic E-state index is 0.0214. The topological polar surface area (TPSA) is 82.6 Å². The van der Waals surface area contributed by atoms with E-state index in [0.717, 1.165) is 35.7 Å². The number of amides is 1. The molecule has 5 rings (SSSR count). The zero-order valence-electron chi connectivity index (χ0n) is 21.3. The number of ether oxygens (including phenoxy) is 1. The number of carbonyl (C=O) groups excluding carboxylic acids is 2. The minimum atomic E-state index is -0.852. The summed E-state index contributed by atoms with van der Waals surface area (Å²) in [6, 6.07) is 19.0. The van der Waals surface area contributed by atoms with Gasteiger partial charge in [-0.05, 0) is 61.4 Å². The fraction of sp³-hybridized carbons (Fsp3) is 0.226. The van der Waals surface area contributed by atoms with E-state index in [-0.39, 0.29) is 11.3 Å². The Morgan fingerprint density at radius 2 is 1.82 bits per heavy atom. The quantitative estimate of drug-likeness (QED) is 0.109. The average Bonchev–Trinajstić information content (AvgIpc) is 3.46. The van der Waals surface area contributed by atoms with Crippen LogP contribution in [0.15, 0.2) is 78.5 Å². The van der Waals surface area contributed by atoms with Gasteiger partial charge in [-0.2, -0.15) is 0 Å². The van der Waals surface area contributed by atoms with Gasteiger partial charge in [0.15, 0.2) is 0 Å². The first-order valence-electron chi connectivity index (χ1n) is 12.8. The van der Waals surface area contributed by atoms with E-state index in [1.165, 1.54) is 4.90 Å². The van der Waals surface area contributed by atoms with Crippen molar-refractivity contribution in [2.75, 3.05) is 11.5 Å². The first-order valence-corrected chi connectivity index (χ1v) is 13.1. The van der Waals surface area contributed by atoms with Gasteiger partial charge in [0.25, 0.3) is 11.7 Å². The van der Waals surface area contributed by atoms with Crippen molar-refractivity contribution < 1.29 is 19.4 Å². The van der Waals surface area contributed by atoms with Crippen molar-refractivity contribution >= 4 is 45.6 Å².